The number of carbonyl (C=O) groups excluding carboxylic acids is 1. The van der Waals surface area contributed by atoms with Crippen molar-refractivity contribution in [1.82, 2.24) is 5.32 Å². The summed E-state index contributed by atoms with van der Waals surface area (Å²) in [7, 11) is 0. The molecule has 0 aliphatic heterocycles. The Hall–Kier alpha value is -1.31. The third-order valence-electron chi connectivity index (χ3n) is 11.5. The number of benzene rings is 1. The Bertz CT molecular complexity index is 819. The van der Waals surface area contributed by atoms with Crippen LogP contribution in [0.15, 0.2) is 30.3 Å². The summed E-state index contributed by atoms with van der Waals surface area (Å²) in [5.74, 6) is 5.61. The molecular formula is C31H47NO. The van der Waals surface area contributed by atoms with Gasteiger partial charge >= 0.3 is 0 Å². The summed E-state index contributed by atoms with van der Waals surface area (Å²) in [6.45, 7) is 8.46. The van der Waals surface area contributed by atoms with Crippen LogP contribution in [0, 0.1) is 46.3 Å². The van der Waals surface area contributed by atoms with E-state index in [9.17, 15) is 4.79 Å². The molecule has 0 aromatic heterocycles. The molecule has 5 rings (SSSR count). The second-order valence-electron chi connectivity index (χ2n) is 12.9. The molecule has 0 heterocycles. The van der Waals surface area contributed by atoms with Crippen LogP contribution in [-0.4, -0.2) is 5.91 Å². The number of rotatable bonds is 6. The van der Waals surface area contributed by atoms with Crippen molar-refractivity contribution in [2.75, 3.05) is 0 Å². The van der Waals surface area contributed by atoms with Gasteiger partial charge in [-0.25, -0.2) is 0 Å². The van der Waals surface area contributed by atoms with E-state index in [0.717, 1.165) is 36.0 Å². The van der Waals surface area contributed by atoms with Crippen LogP contribution in [0.2, 0.25) is 0 Å². The zero-order chi connectivity index (χ0) is 23.1. The van der Waals surface area contributed by atoms with Gasteiger partial charge in [0, 0.05) is 13.0 Å². The molecule has 33 heavy (non-hydrogen) atoms. The minimum atomic E-state index is 0.220. The minimum Gasteiger partial charge on any atom is -0.352 e. The number of hydrogen-bond donors (Lipinski definition) is 1. The van der Waals surface area contributed by atoms with E-state index < -0.39 is 0 Å². The van der Waals surface area contributed by atoms with Crippen molar-refractivity contribution < 1.29 is 4.79 Å². The van der Waals surface area contributed by atoms with Crippen LogP contribution >= 0.6 is 0 Å². The van der Waals surface area contributed by atoms with Gasteiger partial charge < -0.3 is 5.32 Å². The summed E-state index contributed by atoms with van der Waals surface area (Å²) < 4.78 is 0. The summed E-state index contributed by atoms with van der Waals surface area (Å²) in [5, 5.41) is 3.14. The summed E-state index contributed by atoms with van der Waals surface area (Å²) >= 11 is 0. The first-order chi connectivity index (χ1) is 15.9. The average molecular weight is 450 g/mol. The van der Waals surface area contributed by atoms with E-state index in [1.807, 2.05) is 18.2 Å². The van der Waals surface area contributed by atoms with E-state index in [0.29, 0.717) is 29.7 Å². The predicted molar refractivity (Wildman–Crippen MR) is 137 cm³/mol. The summed E-state index contributed by atoms with van der Waals surface area (Å²) in [6.07, 6.45) is 16.5. The van der Waals surface area contributed by atoms with Crippen molar-refractivity contribution in [3.05, 3.63) is 35.9 Å². The molecule has 0 spiro atoms. The monoisotopic (exact) mass is 449 g/mol. The fourth-order valence-corrected chi connectivity index (χ4v) is 9.72. The summed E-state index contributed by atoms with van der Waals surface area (Å²) in [5.41, 5.74) is 2.34. The topological polar surface area (TPSA) is 29.1 Å². The van der Waals surface area contributed by atoms with Gasteiger partial charge in [0.2, 0.25) is 5.91 Å². The standard InChI is InChI=1S/C31H47NO/c1-22(12-17-29(33)32-21-23-9-5-4-6-10-23)26-15-16-27-25-14-13-24-11-7-8-19-30(24,2)28(25)18-20-31(26,27)3/h4-6,9-10,22,24-28H,7-8,11-21H2,1-3H3,(H,32,33). The van der Waals surface area contributed by atoms with Crippen LogP contribution in [0.5, 0.6) is 0 Å². The zero-order valence-corrected chi connectivity index (χ0v) is 21.5. The predicted octanol–water partition coefficient (Wildman–Crippen LogP) is 7.77. The van der Waals surface area contributed by atoms with Crippen molar-refractivity contribution in [3.8, 4) is 0 Å². The molecule has 1 aromatic carbocycles. The van der Waals surface area contributed by atoms with Gasteiger partial charge in [0.1, 0.15) is 0 Å². The Kier molecular flexibility index (Phi) is 6.66. The lowest BCUT2D eigenvalue weighted by atomic mass is 9.44. The largest absolute Gasteiger partial charge is 0.352 e. The highest BCUT2D eigenvalue weighted by Crippen LogP contribution is 2.68. The fourth-order valence-electron chi connectivity index (χ4n) is 9.72. The maximum Gasteiger partial charge on any atom is 0.220 e. The minimum absolute atomic E-state index is 0.220. The van der Waals surface area contributed by atoms with Crippen molar-refractivity contribution in [2.45, 2.75) is 104 Å². The molecule has 0 radical (unpaired) electrons. The smallest absolute Gasteiger partial charge is 0.220 e. The van der Waals surface area contributed by atoms with Crippen LogP contribution in [0.3, 0.4) is 0 Å². The second-order valence-corrected chi connectivity index (χ2v) is 12.9. The molecule has 4 saturated carbocycles. The molecule has 4 fully saturated rings. The molecule has 0 bridgehead atoms. The number of nitrogens with one attached hydrogen (secondary N) is 1. The molecule has 1 amide bonds. The van der Waals surface area contributed by atoms with Crippen molar-refractivity contribution >= 4 is 5.91 Å². The van der Waals surface area contributed by atoms with Crippen molar-refractivity contribution in [2.24, 2.45) is 46.3 Å². The molecule has 2 nitrogen and oxygen atoms in total. The summed E-state index contributed by atoms with van der Waals surface area (Å²) in [4.78, 5) is 12.5. The second kappa shape index (κ2) is 9.38. The third-order valence-corrected chi connectivity index (χ3v) is 11.5. The Balaban J connectivity index is 1.18. The molecule has 182 valence electrons. The van der Waals surface area contributed by atoms with Crippen molar-refractivity contribution in [1.29, 1.82) is 0 Å². The molecule has 2 heteroatoms. The van der Waals surface area contributed by atoms with E-state index in [4.69, 9.17) is 0 Å². The number of amides is 1. The van der Waals surface area contributed by atoms with Gasteiger partial charge in [-0.05, 0) is 110 Å². The SMILES string of the molecule is CC(CCC(=O)NCc1ccccc1)C1CCC2C3CCC4CCCCC4(C)C3CCC12C. The van der Waals surface area contributed by atoms with Crippen LogP contribution in [0.25, 0.3) is 0 Å². The third kappa shape index (κ3) is 4.30. The number of fused-ring (bicyclic) bond motifs is 5. The van der Waals surface area contributed by atoms with Gasteiger partial charge in [0.05, 0.1) is 0 Å². The lowest BCUT2D eigenvalue weighted by molar-refractivity contribution is -0.122. The Morgan fingerprint density at radius 2 is 1.73 bits per heavy atom. The molecule has 8 unspecified atom stereocenters. The zero-order valence-electron chi connectivity index (χ0n) is 21.5. The van der Waals surface area contributed by atoms with Gasteiger partial charge in [-0.1, -0.05) is 63.9 Å². The molecule has 4 aliphatic rings. The normalized spacial score (nSPS) is 40.9. The van der Waals surface area contributed by atoms with E-state index in [-0.39, 0.29) is 5.91 Å². The number of carbonyl (C=O) groups is 1. The highest BCUT2D eigenvalue weighted by Gasteiger charge is 2.60. The van der Waals surface area contributed by atoms with Crippen LogP contribution in [-0.2, 0) is 11.3 Å². The quantitative estimate of drug-likeness (QED) is 0.472. The first-order valence-corrected chi connectivity index (χ1v) is 14.2. The summed E-state index contributed by atoms with van der Waals surface area (Å²) in [6, 6.07) is 10.3. The molecular weight excluding hydrogens is 402 g/mol. The Morgan fingerprint density at radius 3 is 2.55 bits per heavy atom. The van der Waals surface area contributed by atoms with Gasteiger partial charge in [-0.2, -0.15) is 0 Å². The van der Waals surface area contributed by atoms with E-state index >= 15 is 0 Å². The maximum atomic E-state index is 12.5. The molecule has 1 aromatic rings. The van der Waals surface area contributed by atoms with E-state index in [1.165, 1.54) is 69.8 Å². The van der Waals surface area contributed by atoms with Gasteiger partial charge in [0.15, 0.2) is 0 Å². The van der Waals surface area contributed by atoms with E-state index in [2.05, 4.69) is 38.2 Å². The fraction of sp³-hybridized carbons (Fsp3) is 0.774. The van der Waals surface area contributed by atoms with Crippen molar-refractivity contribution in [3.63, 3.8) is 0 Å². The first-order valence-electron chi connectivity index (χ1n) is 14.2. The average Bonchev–Trinajstić information content (AvgIpc) is 3.19. The Labute approximate surface area is 202 Å². The molecule has 4 aliphatic carbocycles. The lowest BCUT2D eigenvalue weighted by Crippen LogP contribution is -2.53. The highest BCUT2D eigenvalue weighted by molar-refractivity contribution is 5.75. The molecule has 0 saturated heterocycles. The van der Waals surface area contributed by atoms with E-state index in [1.54, 1.807) is 0 Å². The van der Waals surface area contributed by atoms with Gasteiger partial charge in [-0.15, -0.1) is 0 Å². The first kappa shape index (κ1) is 23.4. The molecule has 8 atom stereocenters. The van der Waals surface area contributed by atoms with Gasteiger partial charge in [0.25, 0.3) is 0 Å². The van der Waals surface area contributed by atoms with Crippen LogP contribution in [0.1, 0.15) is 103 Å². The number of hydrogen-bond acceptors (Lipinski definition) is 1. The Morgan fingerprint density at radius 1 is 0.939 bits per heavy atom. The van der Waals surface area contributed by atoms with Crippen LogP contribution in [0.4, 0.5) is 0 Å². The van der Waals surface area contributed by atoms with Crippen LogP contribution < -0.4 is 5.32 Å². The molecule has 1 N–H and O–H groups in total. The maximum absolute atomic E-state index is 12.5. The lowest BCUT2D eigenvalue weighted by Gasteiger charge is -2.61. The van der Waals surface area contributed by atoms with Gasteiger partial charge in [-0.3, -0.25) is 4.79 Å². The highest BCUT2D eigenvalue weighted by atomic mass is 16.1.